The summed E-state index contributed by atoms with van der Waals surface area (Å²) in [6.07, 6.45) is 4.00. The van der Waals surface area contributed by atoms with E-state index >= 15 is 0 Å². The third-order valence-corrected chi connectivity index (χ3v) is 3.14. The lowest BCUT2D eigenvalue weighted by molar-refractivity contribution is 0.413. The standard InChI is InChI=1S/C11H20N4/c1-3-8(2)12-5-9-4-10-11(6-13-9)15-7-14-10/h7-9,12-13H,3-6H2,1-2H3,(H,14,15). The zero-order chi connectivity index (χ0) is 10.7. The number of imidazole rings is 1. The van der Waals surface area contributed by atoms with Gasteiger partial charge in [-0.3, -0.25) is 0 Å². The Kier molecular flexibility index (Phi) is 3.38. The zero-order valence-corrected chi connectivity index (χ0v) is 9.51. The van der Waals surface area contributed by atoms with Crippen molar-refractivity contribution in [2.45, 2.75) is 45.3 Å². The first-order valence-electron chi connectivity index (χ1n) is 5.77. The topological polar surface area (TPSA) is 52.7 Å². The number of hydrogen-bond acceptors (Lipinski definition) is 3. The molecule has 0 amide bonds. The van der Waals surface area contributed by atoms with Crippen LogP contribution in [-0.4, -0.2) is 28.6 Å². The molecule has 0 saturated heterocycles. The molecule has 1 aliphatic rings. The molecule has 0 radical (unpaired) electrons. The molecule has 0 aromatic carbocycles. The Morgan fingerprint density at radius 1 is 1.67 bits per heavy atom. The molecule has 3 N–H and O–H groups in total. The van der Waals surface area contributed by atoms with E-state index in [-0.39, 0.29) is 0 Å². The Morgan fingerprint density at radius 3 is 3.33 bits per heavy atom. The van der Waals surface area contributed by atoms with Gasteiger partial charge in [0.15, 0.2) is 0 Å². The maximum atomic E-state index is 4.33. The van der Waals surface area contributed by atoms with Gasteiger partial charge in [-0.15, -0.1) is 0 Å². The molecule has 4 nitrogen and oxygen atoms in total. The quantitative estimate of drug-likeness (QED) is 0.686. The Morgan fingerprint density at radius 2 is 2.53 bits per heavy atom. The van der Waals surface area contributed by atoms with Gasteiger partial charge in [-0.2, -0.15) is 0 Å². The molecule has 2 rings (SSSR count). The number of nitrogens with zero attached hydrogens (tertiary/aromatic N) is 1. The number of hydrogen-bond donors (Lipinski definition) is 3. The summed E-state index contributed by atoms with van der Waals surface area (Å²) in [5, 5.41) is 7.03. The molecule has 2 atom stereocenters. The van der Waals surface area contributed by atoms with Gasteiger partial charge in [0.1, 0.15) is 0 Å². The van der Waals surface area contributed by atoms with E-state index < -0.39 is 0 Å². The first-order chi connectivity index (χ1) is 7.29. The molecule has 1 aromatic heterocycles. The largest absolute Gasteiger partial charge is 0.347 e. The second-order valence-electron chi connectivity index (χ2n) is 4.33. The maximum absolute atomic E-state index is 4.33. The summed E-state index contributed by atoms with van der Waals surface area (Å²) in [6.45, 7) is 6.38. The first-order valence-corrected chi connectivity index (χ1v) is 5.77. The summed E-state index contributed by atoms with van der Waals surface area (Å²) in [5.41, 5.74) is 2.47. The van der Waals surface area contributed by atoms with E-state index in [1.807, 2.05) is 0 Å². The van der Waals surface area contributed by atoms with Gasteiger partial charge in [0.05, 0.1) is 17.7 Å². The summed E-state index contributed by atoms with van der Waals surface area (Å²) in [4.78, 5) is 7.49. The molecule has 1 aromatic rings. The third-order valence-electron chi connectivity index (χ3n) is 3.14. The molecule has 84 valence electrons. The molecule has 0 aliphatic carbocycles. The summed E-state index contributed by atoms with van der Waals surface area (Å²) in [7, 11) is 0. The van der Waals surface area contributed by atoms with Crippen LogP contribution in [0, 0.1) is 0 Å². The molecular formula is C11H20N4. The van der Waals surface area contributed by atoms with E-state index in [1.54, 1.807) is 6.33 Å². The van der Waals surface area contributed by atoms with E-state index in [0.29, 0.717) is 12.1 Å². The van der Waals surface area contributed by atoms with Crippen LogP contribution in [0.4, 0.5) is 0 Å². The van der Waals surface area contributed by atoms with E-state index in [2.05, 4.69) is 34.4 Å². The third kappa shape index (κ3) is 2.58. The lowest BCUT2D eigenvalue weighted by Gasteiger charge is -2.24. The van der Waals surface area contributed by atoms with E-state index in [9.17, 15) is 0 Å². The van der Waals surface area contributed by atoms with Gasteiger partial charge in [-0.1, -0.05) is 6.92 Å². The smallest absolute Gasteiger partial charge is 0.0925 e. The van der Waals surface area contributed by atoms with E-state index in [0.717, 1.165) is 19.5 Å². The number of H-pyrrole nitrogens is 1. The fourth-order valence-corrected chi connectivity index (χ4v) is 1.86. The first kappa shape index (κ1) is 10.6. The highest BCUT2D eigenvalue weighted by Gasteiger charge is 2.19. The van der Waals surface area contributed by atoms with Gasteiger partial charge < -0.3 is 15.6 Å². The van der Waals surface area contributed by atoms with Crippen LogP contribution < -0.4 is 10.6 Å². The minimum absolute atomic E-state index is 0.523. The van der Waals surface area contributed by atoms with Crippen LogP contribution in [0.25, 0.3) is 0 Å². The lowest BCUT2D eigenvalue weighted by Crippen LogP contribution is -2.45. The summed E-state index contributed by atoms with van der Waals surface area (Å²) < 4.78 is 0. The van der Waals surface area contributed by atoms with Gasteiger partial charge in [-0.05, 0) is 13.3 Å². The van der Waals surface area contributed by atoms with Crippen molar-refractivity contribution < 1.29 is 0 Å². The van der Waals surface area contributed by atoms with Crippen molar-refractivity contribution in [1.29, 1.82) is 0 Å². The highest BCUT2D eigenvalue weighted by Crippen LogP contribution is 2.11. The Balaban J connectivity index is 1.82. The molecule has 2 unspecified atom stereocenters. The number of rotatable bonds is 4. The van der Waals surface area contributed by atoms with Gasteiger partial charge in [-0.25, -0.2) is 4.98 Å². The van der Waals surface area contributed by atoms with Crippen molar-refractivity contribution in [2.24, 2.45) is 0 Å². The highest BCUT2D eigenvalue weighted by atomic mass is 15.0. The SMILES string of the molecule is CCC(C)NCC1Cc2nc[nH]c2CN1. The van der Waals surface area contributed by atoms with Crippen molar-refractivity contribution in [3.8, 4) is 0 Å². The fraction of sp³-hybridized carbons (Fsp3) is 0.727. The van der Waals surface area contributed by atoms with Gasteiger partial charge in [0.25, 0.3) is 0 Å². The van der Waals surface area contributed by atoms with Crippen molar-refractivity contribution in [1.82, 2.24) is 20.6 Å². The van der Waals surface area contributed by atoms with Crippen LogP contribution in [0.15, 0.2) is 6.33 Å². The van der Waals surface area contributed by atoms with Crippen molar-refractivity contribution in [3.05, 3.63) is 17.7 Å². The summed E-state index contributed by atoms with van der Waals surface area (Å²) >= 11 is 0. The minimum Gasteiger partial charge on any atom is -0.347 e. The van der Waals surface area contributed by atoms with Gasteiger partial charge >= 0.3 is 0 Å². The van der Waals surface area contributed by atoms with E-state index in [4.69, 9.17) is 0 Å². The Hall–Kier alpha value is -0.870. The number of aromatic nitrogens is 2. The Bertz CT molecular complexity index is 307. The molecule has 0 fully saturated rings. The second kappa shape index (κ2) is 4.77. The van der Waals surface area contributed by atoms with Crippen LogP contribution in [0.1, 0.15) is 31.7 Å². The Labute approximate surface area is 90.9 Å². The van der Waals surface area contributed by atoms with Crippen molar-refractivity contribution in [3.63, 3.8) is 0 Å². The predicted octanol–water partition coefficient (Wildman–Crippen LogP) is 0.812. The number of fused-ring (bicyclic) bond motifs is 1. The zero-order valence-electron chi connectivity index (χ0n) is 9.51. The van der Waals surface area contributed by atoms with Crippen LogP contribution in [0.5, 0.6) is 0 Å². The molecule has 4 heteroatoms. The maximum Gasteiger partial charge on any atom is 0.0925 e. The van der Waals surface area contributed by atoms with Crippen LogP contribution in [0.3, 0.4) is 0 Å². The average molecular weight is 208 g/mol. The average Bonchev–Trinajstić information content (AvgIpc) is 2.72. The molecule has 0 bridgehead atoms. The van der Waals surface area contributed by atoms with Crippen LogP contribution in [0.2, 0.25) is 0 Å². The summed E-state index contributed by atoms with van der Waals surface area (Å²) in [5.74, 6) is 0. The number of nitrogens with one attached hydrogen (secondary N) is 3. The molecule has 15 heavy (non-hydrogen) atoms. The molecule has 1 aliphatic heterocycles. The fourth-order valence-electron chi connectivity index (χ4n) is 1.86. The van der Waals surface area contributed by atoms with Crippen LogP contribution in [-0.2, 0) is 13.0 Å². The highest BCUT2D eigenvalue weighted by molar-refractivity contribution is 5.15. The van der Waals surface area contributed by atoms with Gasteiger partial charge in [0.2, 0.25) is 0 Å². The minimum atomic E-state index is 0.523. The van der Waals surface area contributed by atoms with Crippen LogP contribution >= 0.6 is 0 Å². The molecule has 2 heterocycles. The second-order valence-corrected chi connectivity index (χ2v) is 4.33. The molecular weight excluding hydrogens is 188 g/mol. The monoisotopic (exact) mass is 208 g/mol. The lowest BCUT2D eigenvalue weighted by atomic mass is 10.1. The predicted molar refractivity (Wildman–Crippen MR) is 60.7 cm³/mol. The number of aromatic amines is 1. The molecule has 0 spiro atoms. The normalized spacial score (nSPS) is 22.4. The summed E-state index contributed by atoms with van der Waals surface area (Å²) in [6, 6.07) is 1.13. The van der Waals surface area contributed by atoms with E-state index in [1.165, 1.54) is 17.8 Å². The van der Waals surface area contributed by atoms with Crippen molar-refractivity contribution in [2.75, 3.05) is 6.54 Å². The molecule has 0 saturated carbocycles. The van der Waals surface area contributed by atoms with Gasteiger partial charge in [0, 0.05) is 31.6 Å². The van der Waals surface area contributed by atoms with Crippen molar-refractivity contribution >= 4 is 0 Å².